The Kier molecular flexibility index (Phi) is 5.75. The second kappa shape index (κ2) is 8.44. The lowest BCUT2D eigenvalue weighted by Crippen LogP contribution is -2.42. The molecule has 0 spiro atoms. The molecule has 6 nitrogen and oxygen atoms in total. The summed E-state index contributed by atoms with van der Waals surface area (Å²) in [7, 11) is -3.97. The largest absolute Gasteiger partial charge is 0.379 e. The van der Waals surface area contributed by atoms with Crippen LogP contribution in [0.1, 0.15) is 64.9 Å². The molecule has 0 radical (unpaired) electrons. The van der Waals surface area contributed by atoms with Crippen molar-refractivity contribution in [3.63, 3.8) is 0 Å². The van der Waals surface area contributed by atoms with E-state index >= 15 is 0 Å². The number of allylic oxidation sites excluding steroid dienone is 4. The lowest BCUT2D eigenvalue weighted by atomic mass is 9.64. The molecule has 0 aromatic heterocycles. The van der Waals surface area contributed by atoms with Crippen LogP contribution in [0.4, 0.5) is 0 Å². The van der Waals surface area contributed by atoms with E-state index in [2.05, 4.69) is 33.0 Å². The number of Topliss-reactive ketones (excluding diaryl/α,β-unsaturated/α-hetero) is 2. The van der Waals surface area contributed by atoms with E-state index in [4.69, 9.17) is 4.18 Å². The van der Waals surface area contributed by atoms with E-state index in [0.717, 1.165) is 29.8 Å². The molecule has 0 saturated heterocycles. The summed E-state index contributed by atoms with van der Waals surface area (Å²) in [5, 5.41) is 3.50. The highest BCUT2D eigenvalue weighted by molar-refractivity contribution is 7.87. The minimum Gasteiger partial charge on any atom is -0.379 e. The van der Waals surface area contributed by atoms with Gasteiger partial charge in [-0.2, -0.15) is 8.42 Å². The zero-order valence-electron chi connectivity index (χ0n) is 21.1. The topological polar surface area (TPSA) is 89.5 Å². The van der Waals surface area contributed by atoms with Crippen molar-refractivity contribution in [1.29, 1.82) is 0 Å². The summed E-state index contributed by atoms with van der Waals surface area (Å²) in [6, 6.07) is 14.7. The molecule has 3 aliphatic rings. The van der Waals surface area contributed by atoms with Gasteiger partial charge in [-0.15, -0.1) is 0 Å². The third-order valence-electron chi connectivity index (χ3n) is 7.17. The molecule has 0 saturated carbocycles. The average Bonchev–Trinajstić information content (AvgIpc) is 2.77. The molecule has 0 atom stereocenters. The monoisotopic (exact) mass is 505 g/mol. The van der Waals surface area contributed by atoms with E-state index in [1.807, 2.05) is 0 Å². The predicted molar refractivity (Wildman–Crippen MR) is 137 cm³/mol. The normalized spacial score (nSPS) is 21.6. The first-order valence-corrected chi connectivity index (χ1v) is 13.7. The lowest BCUT2D eigenvalue weighted by Gasteiger charge is -2.44. The summed E-state index contributed by atoms with van der Waals surface area (Å²) >= 11 is 0. The first kappa shape index (κ1) is 24.5. The predicted octanol–water partition coefficient (Wildman–Crippen LogP) is 5.43. The van der Waals surface area contributed by atoms with Crippen molar-refractivity contribution in [3.8, 4) is 5.75 Å². The van der Waals surface area contributed by atoms with Crippen molar-refractivity contribution in [2.75, 3.05) is 0 Å². The minimum absolute atomic E-state index is 0.0508. The Labute approximate surface area is 212 Å². The van der Waals surface area contributed by atoms with Crippen molar-refractivity contribution in [2.45, 2.75) is 64.2 Å². The fraction of sp³-hybridized carbons (Fsp3) is 0.379. The van der Waals surface area contributed by atoms with Gasteiger partial charge >= 0.3 is 10.1 Å². The van der Waals surface area contributed by atoms with Crippen molar-refractivity contribution in [3.05, 3.63) is 82.7 Å². The number of dihydropyridines is 1. The molecule has 0 unspecified atom stereocenters. The van der Waals surface area contributed by atoms with Gasteiger partial charge in [0.25, 0.3) is 0 Å². The number of ketones is 2. The Morgan fingerprint density at radius 2 is 1.25 bits per heavy atom. The first-order valence-electron chi connectivity index (χ1n) is 12.2. The molecule has 1 aliphatic heterocycles. The zero-order chi connectivity index (χ0) is 25.9. The fourth-order valence-corrected chi connectivity index (χ4v) is 6.65. The SMILES string of the molecule is CC1(C)CC(=O)C2=C(C1)NC1=C(C(=O)CC(C)(C)C1)C2c1ccc(OS(=O)(=O)c2ccccc2)cc1. The standard InChI is InChI=1S/C29H31NO5S/c1-28(2)14-21-26(23(31)16-28)25(27-22(30-21)15-29(3,4)17-24(27)32)18-10-12-19(13-11-18)35-36(33,34)20-8-6-5-7-9-20/h5-13,25,30H,14-17H2,1-4H3. The summed E-state index contributed by atoms with van der Waals surface area (Å²) in [6.07, 6.45) is 2.30. The van der Waals surface area contributed by atoms with Crippen molar-refractivity contribution in [2.24, 2.45) is 10.8 Å². The van der Waals surface area contributed by atoms with Gasteiger partial charge in [0.15, 0.2) is 11.6 Å². The molecule has 5 rings (SSSR count). The van der Waals surface area contributed by atoms with Crippen LogP contribution in [-0.2, 0) is 19.7 Å². The molecule has 1 N–H and O–H groups in total. The van der Waals surface area contributed by atoms with E-state index < -0.39 is 16.0 Å². The summed E-state index contributed by atoms with van der Waals surface area (Å²) < 4.78 is 30.6. The molecular formula is C29H31NO5S. The maximum absolute atomic E-state index is 13.4. The number of rotatable bonds is 4. The van der Waals surface area contributed by atoms with E-state index in [-0.39, 0.29) is 33.0 Å². The zero-order valence-corrected chi connectivity index (χ0v) is 21.9. The van der Waals surface area contributed by atoms with E-state index in [1.54, 1.807) is 42.5 Å². The molecule has 2 aromatic rings. The van der Waals surface area contributed by atoms with E-state index in [9.17, 15) is 18.0 Å². The number of carbonyl (C=O) groups excluding carboxylic acids is 2. The second-order valence-corrected chi connectivity index (χ2v) is 13.2. The van der Waals surface area contributed by atoms with Crippen molar-refractivity contribution in [1.82, 2.24) is 5.32 Å². The quantitative estimate of drug-likeness (QED) is 0.558. The Morgan fingerprint density at radius 3 is 1.75 bits per heavy atom. The number of hydrogen-bond acceptors (Lipinski definition) is 6. The van der Waals surface area contributed by atoms with E-state index in [1.165, 1.54) is 12.1 Å². The van der Waals surface area contributed by atoms with Crippen LogP contribution in [0.2, 0.25) is 0 Å². The highest BCUT2D eigenvalue weighted by Crippen LogP contribution is 2.51. The van der Waals surface area contributed by atoms with Crippen molar-refractivity contribution >= 4 is 21.7 Å². The Bertz CT molecular complexity index is 1360. The summed E-state index contributed by atoms with van der Waals surface area (Å²) in [6.45, 7) is 8.35. The molecule has 7 heteroatoms. The van der Waals surface area contributed by atoms with Gasteiger partial charge in [0, 0.05) is 41.3 Å². The van der Waals surface area contributed by atoms with Crippen LogP contribution in [0.25, 0.3) is 0 Å². The molecule has 36 heavy (non-hydrogen) atoms. The Balaban J connectivity index is 1.54. The highest BCUT2D eigenvalue weighted by Gasteiger charge is 2.46. The molecule has 0 amide bonds. The average molecular weight is 506 g/mol. The summed E-state index contributed by atoms with van der Waals surface area (Å²) in [4.78, 5) is 26.9. The molecular weight excluding hydrogens is 474 g/mol. The van der Waals surface area contributed by atoms with Gasteiger partial charge < -0.3 is 9.50 Å². The molecule has 0 fully saturated rings. The summed E-state index contributed by atoms with van der Waals surface area (Å²) in [5.74, 6) is -0.194. The minimum atomic E-state index is -3.97. The molecule has 188 valence electrons. The maximum atomic E-state index is 13.4. The number of hydrogen-bond donors (Lipinski definition) is 1. The fourth-order valence-electron chi connectivity index (χ4n) is 5.70. The second-order valence-electron chi connectivity index (χ2n) is 11.6. The molecule has 0 bridgehead atoms. The van der Waals surface area contributed by atoms with Crippen molar-refractivity contribution < 1.29 is 22.2 Å². The lowest BCUT2D eigenvalue weighted by molar-refractivity contribution is -0.119. The Hall–Kier alpha value is -3.19. The number of carbonyl (C=O) groups is 2. The molecule has 2 aliphatic carbocycles. The molecule has 2 aromatic carbocycles. The van der Waals surface area contributed by atoms with Gasteiger partial charge in [0.05, 0.1) is 0 Å². The summed E-state index contributed by atoms with van der Waals surface area (Å²) in [5.41, 5.74) is 3.57. The van der Waals surface area contributed by atoms with Crippen LogP contribution in [0, 0.1) is 10.8 Å². The first-order chi connectivity index (χ1) is 16.9. The van der Waals surface area contributed by atoms with Gasteiger partial charge in [-0.1, -0.05) is 58.0 Å². The van der Waals surface area contributed by atoms with Crippen LogP contribution < -0.4 is 9.50 Å². The van der Waals surface area contributed by atoms with Gasteiger partial charge in [-0.3, -0.25) is 9.59 Å². The van der Waals surface area contributed by atoms with E-state index in [0.29, 0.717) is 24.0 Å². The highest BCUT2D eigenvalue weighted by atomic mass is 32.2. The van der Waals surface area contributed by atoms with Crippen LogP contribution in [0.5, 0.6) is 5.75 Å². The van der Waals surface area contributed by atoms with Crippen LogP contribution in [0.15, 0.2) is 82.0 Å². The van der Waals surface area contributed by atoms with Crippen LogP contribution in [-0.4, -0.2) is 20.0 Å². The Morgan fingerprint density at radius 1 is 0.750 bits per heavy atom. The van der Waals surface area contributed by atoms with Crippen LogP contribution in [0.3, 0.4) is 0 Å². The third kappa shape index (κ3) is 4.52. The van der Waals surface area contributed by atoms with Gasteiger partial charge in [0.2, 0.25) is 0 Å². The van der Waals surface area contributed by atoms with Gasteiger partial charge in [0.1, 0.15) is 10.6 Å². The molecule has 1 heterocycles. The third-order valence-corrected chi connectivity index (χ3v) is 8.43. The number of nitrogens with one attached hydrogen (secondary N) is 1. The number of benzene rings is 2. The van der Waals surface area contributed by atoms with Gasteiger partial charge in [-0.05, 0) is 53.5 Å². The smallest absolute Gasteiger partial charge is 0.339 e. The maximum Gasteiger partial charge on any atom is 0.339 e. The van der Waals surface area contributed by atoms with Gasteiger partial charge in [-0.25, -0.2) is 0 Å². The van der Waals surface area contributed by atoms with Crippen LogP contribution >= 0.6 is 0 Å².